The molecule has 1 aromatic heterocycles. The van der Waals surface area contributed by atoms with Gasteiger partial charge in [-0.25, -0.2) is 0 Å². The minimum absolute atomic E-state index is 0.0252. The van der Waals surface area contributed by atoms with Gasteiger partial charge in [0.05, 0.1) is 0 Å². The summed E-state index contributed by atoms with van der Waals surface area (Å²) in [5, 5.41) is 9.53. The zero-order valence-electron chi connectivity index (χ0n) is 20.8. The molecule has 0 aliphatic heterocycles. The van der Waals surface area contributed by atoms with Gasteiger partial charge in [-0.1, -0.05) is 49.8 Å². The summed E-state index contributed by atoms with van der Waals surface area (Å²) in [5.41, 5.74) is 4.79. The number of ketones is 1. The number of allylic oxidation sites excluding steroid dienone is 1. The SMILES string of the molecule is C=C1C[C@H](C(=O)Cc2ccc(C)cc2C)[C@@H](c2nnc(C3CC(CC(C)C)C3)n2C2CC2)C1. The third-order valence-corrected chi connectivity index (χ3v) is 8.18. The summed E-state index contributed by atoms with van der Waals surface area (Å²) < 4.78 is 2.47. The van der Waals surface area contributed by atoms with Gasteiger partial charge in [0, 0.05) is 30.2 Å². The lowest BCUT2D eigenvalue weighted by Crippen LogP contribution is -2.27. The lowest BCUT2D eigenvalue weighted by Gasteiger charge is -2.36. The second-order valence-corrected chi connectivity index (χ2v) is 11.6. The highest BCUT2D eigenvalue weighted by atomic mass is 16.1. The van der Waals surface area contributed by atoms with Crippen LogP contribution in [0.15, 0.2) is 30.4 Å². The number of rotatable bonds is 8. The molecule has 3 saturated carbocycles. The summed E-state index contributed by atoms with van der Waals surface area (Å²) in [6, 6.07) is 6.95. The fourth-order valence-electron chi connectivity index (χ4n) is 6.32. The molecule has 3 fully saturated rings. The van der Waals surface area contributed by atoms with E-state index in [9.17, 15) is 4.79 Å². The maximum absolute atomic E-state index is 13.5. The van der Waals surface area contributed by atoms with Crippen molar-refractivity contribution in [2.45, 2.75) is 96.9 Å². The molecule has 0 saturated heterocycles. The average Bonchev–Trinajstić information content (AvgIpc) is 3.35. The molecule has 2 aromatic rings. The number of aromatic nitrogens is 3. The minimum atomic E-state index is -0.0252. The zero-order valence-corrected chi connectivity index (χ0v) is 20.8. The molecule has 0 bridgehead atoms. The van der Waals surface area contributed by atoms with Crippen LogP contribution in [0.4, 0.5) is 0 Å². The number of carbonyl (C=O) groups excluding carboxylic acids is 1. The van der Waals surface area contributed by atoms with Crippen molar-refractivity contribution in [1.29, 1.82) is 0 Å². The van der Waals surface area contributed by atoms with E-state index < -0.39 is 0 Å². The number of carbonyl (C=O) groups is 1. The number of benzene rings is 1. The van der Waals surface area contributed by atoms with Crippen LogP contribution in [0.5, 0.6) is 0 Å². The molecule has 33 heavy (non-hydrogen) atoms. The molecule has 2 atom stereocenters. The molecule has 3 aliphatic rings. The molecule has 1 aromatic carbocycles. The van der Waals surface area contributed by atoms with Crippen molar-refractivity contribution in [1.82, 2.24) is 14.8 Å². The van der Waals surface area contributed by atoms with Crippen LogP contribution in [0.3, 0.4) is 0 Å². The normalized spacial score (nSPS) is 27.2. The molecule has 1 heterocycles. The van der Waals surface area contributed by atoms with Crippen molar-refractivity contribution in [3.63, 3.8) is 0 Å². The van der Waals surface area contributed by atoms with Gasteiger partial charge in [0.25, 0.3) is 0 Å². The maximum Gasteiger partial charge on any atom is 0.141 e. The van der Waals surface area contributed by atoms with Gasteiger partial charge in [0.1, 0.15) is 17.4 Å². The summed E-state index contributed by atoms with van der Waals surface area (Å²) in [4.78, 5) is 13.5. The summed E-state index contributed by atoms with van der Waals surface area (Å²) >= 11 is 0. The topological polar surface area (TPSA) is 47.8 Å². The Morgan fingerprint density at radius 3 is 2.52 bits per heavy atom. The van der Waals surface area contributed by atoms with Gasteiger partial charge in [-0.15, -0.1) is 10.2 Å². The van der Waals surface area contributed by atoms with Crippen molar-refractivity contribution in [2.24, 2.45) is 17.8 Å². The first kappa shape index (κ1) is 22.6. The van der Waals surface area contributed by atoms with Crippen LogP contribution in [-0.2, 0) is 11.2 Å². The highest BCUT2D eigenvalue weighted by Crippen LogP contribution is 2.50. The van der Waals surface area contributed by atoms with Gasteiger partial charge in [0.2, 0.25) is 0 Å². The second kappa shape index (κ2) is 8.85. The van der Waals surface area contributed by atoms with E-state index in [1.165, 1.54) is 54.6 Å². The minimum Gasteiger partial charge on any atom is -0.311 e. The standard InChI is InChI=1S/C29H39N3O/c1-17(2)10-21-14-23(15-21)28-30-31-29(32(28)24-8-9-24)26-13-19(4)12-25(26)27(33)16-22-7-6-18(3)11-20(22)5/h6-7,11,17,21,23-26H,4,8-10,12-16H2,1-3,5H3/t21?,23?,25-,26-/m0/s1. The van der Waals surface area contributed by atoms with E-state index in [1.54, 1.807) is 0 Å². The van der Waals surface area contributed by atoms with Crippen molar-refractivity contribution >= 4 is 5.78 Å². The Bertz CT molecular complexity index is 1050. The number of aryl methyl sites for hydroxylation is 2. The fourth-order valence-corrected chi connectivity index (χ4v) is 6.32. The van der Waals surface area contributed by atoms with E-state index in [1.807, 2.05) is 0 Å². The summed E-state index contributed by atoms with van der Waals surface area (Å²) in [5.74, 6) is 4.85. The van der Waals surface area contributed by atoms with Gasteiger partial charge >= 0.3 is 0 Å². The third-order valence-electron chi connectivity index (χ3n) is 8.18. The third kappa shape index (κ3) is 4.58. The van der Waals surface area contributed by atoms with Gasteiger partial charge in [-0.2, -0.15) is 0 Å². The Labute approximate surface area is 198 Å². The molecule has 176 valence electrons. The van der Waals surface area contributed by atoms with Gasteiger partial charge in [0.15, 0.2) is 0 Å². The van der Waals surface area contributed by atoms with E-state index in [0.717, 1.165) is 36.1 Å². The van der Waals surface area contributed by atoms with Crippen molar-refractivity contribution in [3.05, 3.63) is 58.7 Å². The first-order chi connectivity index (χ1) is 15.8. The molecule has 0 radical (unpaired) electrons. The maximum atomic E-state index is 13.5. The van der Waals surface area contributed by atoms with Crippen LogP contribution in [-0.4, -0.2) is 20.5 Å². The average molecular weight is 446 g/mol. The Balaban J connectivity index is 1.37. The van der Waals surface area contributed by atoms with E-state index in [0.29, 0.717) is 24.2 Å². The predicted octanol–water partition coefficient (Wildman–Crippen LogP) is 6.63. The highest BCUT2D eigenvalue weighted by molar-refractivity contribution is 5.85. The number of hydrogen-bond donors (Lipinski definition) is 0. The van der Waals surface area contributed by atoms with Crippen LogP contribution in [0, 0.1) is 31.6 Å². The molecule has 5 rings (SSSR count). The quantitative estimate of drug-likeness (QED) is 0.428. The predicted molar refractivity (Wildman–Crippen MR) is 132 cm³/mol. The molecule has 3 aliphatic carbocycles. The molecule has 4 nitrogen and oxygen atoms in total. The molecular formula is C29H39N3O. The largest absolute Gasteiger partial charge is 0.311 e. The van der Waals surface area contributed by atoms with E-state index in [-0.39, 0.29) is 11.8 Å². The first-order valence-corrected chi connectivity index (χ1v) is 13.0. The van der Waals surface area contributed by atoms with Crippen molar-refractivity contribution in [3.8, 4) is 0 Å². The van der Waals surface area contributed by atoms with Crippen molar-refractivity contribution < 1.29 is 4.79 Å². The lowest BCUT2D eigenvalue weighted by molar-refractivity contribution is -0.122. The zero-order chi connectivity index (χ0) is 23.3. The molecular weight excluding hydrogens is 406 g/mol. The number of hydrogen-bond acceptors (Lipinski definition) is 3. The number of Topliss-reactive ketones (excluding diaryl/α,β-unsaturated/α-hetero) is 1. The summed E-state index contributed by atoms with van der Waals surface area (Å²) in [6.45, 7) is 13.1. The smallest absolute Gasteiger partial charge is 0.141 e. The summed E-state index contributed by atoms with van der Waals surface area (Å²) in [6.07, 6.45) is 8.41. The Kier molecular flexibility index (Phi) is 6.05. The van der Waals surface area contributed by atoms with Crippen molar-refractivity contribution in [2.75, 3.05) is 0 Å². The van der Waals surface area contributed by atoms with Gasteiger partial charge in [-0.3, -0.25) is 4.79 Å². The van der Waals surface area contributed by atoms with Crippen LogP contribution in [0.25, 0.3) is 0 Å². The van der Waals surface area contributed by atoms with Gasteiger partial charge in [-0.05, 0) is 81.8 Å². The monoisotopic (exact) mass is 445 g/mol. The van der Waals surface area contributed by atoms with Gasteiger partial charge < -0.3 is 4.57 Å². The second-order valence-electron chi connectivity index (χ2n) is 11.6. The molecule has 0 spiro atoms. The Hall–Kier alpha value is -2.23. The van der Waals surface area contributed by atoms with E-state index in [4.69, 9.17) is 10.2 Å². The molecule has 0 unspecified atom stereocenters. The molecule has 0 amide bonds. The van der Waals surface area contributed by atoms with Crippen LogP contribution >= 0.6 is 0 Å². The Morgan fingerprint density at radius 2 is 1.85 bits per heavy atom. The highest BCUT2D eigenvalue weighted by Gasteiger charge is 2.43. The van der Waals surface area contributed by atoms with Crippen LogP contribution in [0.1, 0.15) is 105 Å². The van der Waals surface area contributed by atoms with E-state index in [2.05, 4.69) is 57.0 Å². The van der Waals surface area contributed by atoms with Crippen LogP contribution < -0.4 is 0 Å². The summed E-state index contributed by atoms with van der Waals surface area (Å²) in [7, 11) is 0. The first-order valence-electron chi connectivity index (χ1n) is 13.0. The fraction of sp³-hybridized carbons (Fsp3) is 0.621. The molecule has 4 heteroatoms. The number of nitrogens with zero attached hydrogens (tertiary/aromatic N) is 3. The molecule has 0 N–H and O–H groups in total. The lowest BCUT2D eigenvalue weighted by atomic mass is 9.71. The Morgan fingerprint density at radius 1 is 1.12 bits per heavy atom. The van der Waals surface area contributed by atoms with E-state index >= 15 is 0 Å². The van der Waals surface area contributed by atoms with Crippen LogP contribution in [0.2, 0.25) is 0 Å².